The van der Waals surface area contributed by atoms with Crippen LogP contribution >= 0.6 is 0 Å². The van der Waals surface area contributed by atoms with Crippen molar-refractivity contribution in [3.63, 3.8) is 0 Å². The van der Waals surface area contributed by atoms with Crippen molar-refractivity contribution in [2.45, 2.75) is 13.0 Å². The molecule has 0 amide bonds. The summed E-state index contributed by atoms with van der Waals surface area (Å²) in [4.78, 5) is 2.14. The van der Waals surface area contributed by atoms with E-state index in [-0.39, 0.29) is 0 Å². The third-order valence-electron chi connectivity index (χ3n) is 2.53. The molecule has 1 atom stereocenters. The van der Waals surface area contributed by atoms with Gasteiger partial charge >= 0.3 is 0 Å². The molecule has 0 aromatic carbocycles. The number of hydrogen-bond acceptors (Lipinski definition) is 6. The number of nitrogens with zero attached hydrogens (tertiary/aromatic N) is 6. The first-order chi connectivity index (χ1) is 7.66. The molecular formula is C9H15N7. The Hall–Kier alpha value is -1.76. The molecule has 2 aromatic heterocycles. The van der Waals surface area contributed by atoms with Crippen LogP contribution in [0.15, 0.2) is 12.1 Å². The molecule has 0 aliphatic heterocycles. The molecule has 0 saturated carbocycles. The molecule has 2 aromatic rings. The van der Waals surface area contributed by atoms with Gasteiger partial charge in [0.15, 0.2) is 5.65 Å². The molecule has 7 heteroatoms. The van der Waals surface area contributed by atoms with Gasteiger partial charge in [0.1, 0.15) is 5.82 Å². The van der Waals surface area contributed by atoms with E-state index in [0.29, 0.717) is 11.7 Å². The molecule has 0 saturated heterocycles. The van der Waals surface area contributed by atoms with E-state index >= 15 is 0 Å². The Kier molecular flexibility index (Phi) is 2.95. The minimum atomic E-state index is 0.436. The van der Waals surface area contributed by atoms with Crippen LogP contribution in [0.2, 0.25) is 0 Å². The average molecular weight is 221 g/mol. The highest BCUT2D eigenvalue weighted by atomic mass is 15.6. The van der Waals surface area contributed by atoms with Crippen LogP contribution in [0.1, 0.15) is 6.92 Å². The summed E-state index contributed by atoms with van der Waals surface area (Å²) in [6.45, 7) is 2.97. The van der Waals surface area contributed by atoms with Crippen LogP contribution in [0, 0.1) is 0 Å². The van der Waals surface area contributed by atoms with Gasteiger partial charge in [-0.05, 0) is 43.6 Å². The van der Waals surface area contributed by atoms with Crippen LogP contribution in [0.5, 0.6) is 0 Å². The quantitative estimate of drug-likeness (QED) is 0.776. The molecule has 0 spiro atoms. The van der Waals surface area contributed by atoms with E-state index in [9.17, 15) is 0 Å². The Bertz CT molecular complexity index is 464. The number of likely N-dealkylation sites (N-methyl/N-ethyl adjacent to an activating group) is 1. The fourth-order valence-electron chi connectivity index (χ4n) is 1.18. The van der Waals surface area contributed by atoms with Crippen LogP contribution in [0.3, 0.4) is 0 Å². The number of fused-ring (bicyclic) bond motifs is 1. The summed E-state index contributed by atoms with van der Waals surface area (Å²) < 4.78 is 1.41. The average Bonchev–Trinajstić information content (AvgIpc) is 2.72. The number of hydrogen-bond donors (Lipinski definition) is 1. The maximum absolute atomic E-state index is 4.22. The van der Waals surface area contributed by atoms with Gasteiger partial charge < -0.3 is 10.2 Å². The van der Waals surface area contributed by atoms with E-state index in [1.807, 2.05) is 26.2 Å². The summed E-state index contributed by atoms with van der Waals surface area (Å²) >= 11 is 0. The van der Waals surface area contributed by atoms with Crippen molar-refractivity contribution in [1.82, 2.24) is 30.2 Å². The zero-order valence-electron chi connectivity index (χ0n) is 9.62. The first kappa shape index (κ1) is 10.7. The Labute approximate surface area is 93.4 Å². The molecule has 0 aliphatic carbocycles. The molecule has 0 fully saturated rings. The van der Waals surface area contributed by atoms with Gasteiger partial charge in [0.05, 0.1) is 0 Å². The van der Waals surface area contributed by atoms with Gasteiger partial charge in [0.25, 0.3) is 0 Å². The lowest BCUT2D eigenvalue weighted by atomic mass is 10.3. The first-order valence-corrected chi connectivity index (χ1v) is 5.12. The van der Waals surface area contributed by atoms with Crippen molar-refractivity contribution in [1.29, 1.82) is 0 Å². The second kappa shape index (κ2) is 4.40. The van der Waals surface area contributed by atoms with E-state index in [0.717, 1.165) is 12.4 Å². The molecule has 1 N–H and O–H groups in total. The van der Waals surface area contributed by atoms with Crippen LogP contribution < -0.4 is 5.32 Å². The Morgan fingerprint density at radius 3 is 3.00 bits per heavy atom. The van der Waals surface area contributed by atoms with Crippen LogP contribution in [0.25, 0.3) is 5.65 Å². The van der Waals surface area contributed by atoms with Crippen molar-refractivity contribution in [3.05, 3.63) is 12.1 Å². The third-order valence-corrected chi connectivity index (χ3v) is 2.53. The molecule has 16 heavy (non-hydrogen) atoms. The van der Waals surface area contributed by atoms with Gasteiger partial charge in [-0.15, -0.1) is 14.8 Å². The Morgan fingerprint density at radius 1 is 1.44 bits per heavy atom. The normalized spacial score (nSPS) is 13.2. The molecule has 0 radical (unpaired) electrons. The van der Waals surface area contributed by atoms with Crippen molar-refractivity contribution in [3.8, 4) is 0 Å². The summed E-state index contributed by atoms with van der Waals surface area (Å²) in [5.74, 6) is 0.772. The van der Waals surface area contributed by atoms with E-state index < -0.39 is 0 Å². The second-order valence-corrected chi connectivity index (χ2v) is 3.94. The van der Waals surface area contributed by atoms with E-state index in [4.69, 9.17) is 0 Å². The predicted molar refractivity (Wildman–Crippen MR) is 60.2 cm³/mol. The largest absolute Gasteiger partial charge is 0.367 e. The highest BCUT2D eigenvalue weighted by Gasteiger charge is 2.05. The number of anilines is 1. The molecule has 7 nitrogen and oxygen atoms in total. The number of aromatic nitrogens is 5. The van der Waals surface area contributed by atoms with Crippen molar-refractivity contribution < 1.29 is 0 Å². The minimum Gasteiger partial charge on any atom is -0.367 e. The highest BCUT2D eigenvalue weighted by molar-refractivity contribution is 5.42. The molecule has 0 aliphatic rings. The van der Waals surface area contributed by atoms with Crippen molar-refractivity contribution in [2.75, 3.05) is 26.0 Å². The Morgan fingerprint density at radius 2 is 2.25 bits per heavy atom. The lowest BCUT2D eigenvalue weighted by Gasteiger charge is -2.20. The lowest BCUT2D eigenvalue weighted by Crippen LogP contribution is -2.31. The molecule has 86 valence electrons. The van der Waals surface area contributed by atoms with E-state index in [1.165, 1.54) is 4.63 Å². The van der Waals surface area contributed by atoms with Gasteiger partial charge in [-0.25, -0.2) is 0 Å². The molecule has 2 rings (SSSR count). The van der Waals surface area contributed by atoms with Gasteiger partial charge in [0, 0.05) is 12.6 Å². The molecular weight excluding hydrogens is 206 g/mol. The maximum atomic E-state index is 4.22. The standard InChI is InChI=1S/C9H15N7/c1-7(15(2)3)6-10-8-4-5-9-11-13-14-16(9)12-8/h4-5,7H,6H2,1-3H3,(H,10,12). The monoisotopic (exact) mass is 221 g/mol. The zero-order chi connectivity index (χ0) is 11.5. The van der Waals surface area contributed by atoms with Gasteiger partial charge in [-0.3, -0.25) is 0 Å². The first-order valence-electron chi connectivity index (χ1n) is 5.12. The zero-order valence-corrected chi connectivity index (χ0v) is 9.62. The number of nitrogens with one attached hydrogen (secondary N) is 1. The van der Waals surface area contributed by atoms with Crippen LogP contribution in [-0.4, -0.2) is 56.8 Å². The number of rotatable bonds is 4. The minimum absolute atomic E-state index is 0.436. The highest BCUT2D eigenvalue weighted by Crippen LogP contribution is 2.03. The predicted octanol–water partition coefficient (Wildman–Crippen LogP) is -0.119. The lowest BCUT2D eigenvalue weighted by molar-refractivity contribution is 0.326. The summed E-state index contributed by atoms with van der Waals surface area (Å²) in [5, 5.41) is 18.5. The number of tetrazole rings is 1. The molecule has 2 heterocycles. The third kappa shape index (κ3) is 2.25. The summed E-state index contributed by atoms with van der Waals surface area (Å²) in [7, 11) is 4.09. The smallest absolute Gasteiger partial charge is 0.200 e. The van der Waals surface area contributed by atoms with Crippen molar-refractivity contribution in [2.24, 2.45) is 0 Å². The van der Waals surface area contributed by atoms with Crippen molar-refractivity contribution >= 4 is 11.5 Å². The fourth-order valence-corrected chi connectivity index (χ4v) is 1.18. The van der Waals surface area contributed by atoms with Crippen LogP contribution in [0.4, 0.5) is 5.82 Å². The topological polar surface area (TPSA) is 71.2 Å². The van der Waals surface area contributed by atoms with Gasteiger partial charge in [-0.1, -0.05) is 0 Å². The van der Waals surface area contributed by atoms with Gasteiger partial charge in [0.2, 0.25) is 0 Å². The molecule has 1 unspecified atom stereocenters. The summed E-state index contributed by atoms with van der Waals surface area (Å²) in [6.07, 6.45) is 0. The molecule has 0 bridgehead atoms. The summed E-state index contributed by atoms with van der Waals surface area (Å²) in [5.41, 5.74) is 0.645. The van der Waals surface area contributed by atoms with E-state index in [2.05, 4.69) is 37.8 Å². The second-order valence-electron chi connectivity index (χ2n) is 3.94. The fraction of sp³-hybridized carbons (Fsp3) is 0.556. The Balaban J connectivity index is 2.04. The summed E-state index contributed by atoms with van der Waals surface area (Å²) in [6, 6.07) is 4.13. The van der Waals surface area contributed by atoms with Gasteiger partial charge in [-0.2, -0.15) is 0 Å². The van der Waals surface area contributed by atoms with E-state index in [1.54, 1.807) is 0 Å². The SMILES string of the molecule is CC(CNc1ccc2nnnn2n1)N(C)C. The van der Waals surface area contributed by atoms with Crippen LogP contribution in [-0.2, 0) is 0 Å². The maximum Gasteiger partial charge on any atom is 0.200 e.